The number of nitrogens with zero attached hydrogens (tertiary/aromatic N) is 3. The van der Waals surface area contributed by atoms with Crippen LogP contribution in [0.15, 0.2) is 36.7 Å². The maximum absolute atomic E-state index is 8.93. The predicted octanol–water partition coefficient (Wildman–Crippen LogP) is 0.531. The number of aromatic nitrogens is 3. The summed E-state index contributed by atoms with van der Waals surface area (Å²) in [6.45, 7) is -0.175. The standard InChI is InChI=1S/C11H12N4O/c12-8(7-16)11-14-6-4-10(15-11)9-3-1-2-5-13-9/h1-6,8,16H,7,12H2. The minimum absolute atomic E-state index is 0.175. The fourth-order valence-corrected chi connectivity index (χ4v) is 1.29. The van der Waals surface area contributed by atoms with E-state index in [1.165, 1.54) is 0 Å². The summed E-state index contributed by atoms with van der Waals surface area (Å²) in [4.78, 5) is 12.4. The van der Waals surface area contributed by atoms with E-state index in [1.807, 2.05) is 18.2 Å². The van der Waals surface area contributed by atoms with Gasteiger partial charge in [0.15, 0.2) is 0 Å². The van der Waals surface area contributed by atoms with Gasteiger partial charge >= 0.3 is 0 Å². The van der Waals surface area contributed by atoms with Crippen LogP contribution < -0.4 is 5.73 Å². The van der Waals surface area contributed by atoms with Gasteiger partial charge in [0.05, 0.1) is 24.0 Å². The first kappa shape index (κ1) is 10.7. The van der Waals surface area contributed by atoms with Crippen molar-refractivity contribution in [3.05, 3.63) is 42.5 Å². The molecule has 0 amide bonds. The Labute approximate surface area is 93.0 Å². The second-order valence-corrected chi connectivity index (χ2v) is 3.30. The molecule has 0 radical (unpaired) electrons. The highest BCUT2D eigenvalue weighted by atomic mass is 16.3. The molecule has 0 aromatic carbocycles. The van der Waals surface area contributed by atoms with Crippen LogP contribution in [-0.2, 0) is 0 Å². The van der Waals surface area contributed by atoms with Gasteiger partial charge in [-0.05, 0) is 18.2 Å². The number of aliphatic hydroxyl groups excluding tert-OH is 1. The van der Waals surface area contributed by atoms with Gasteiger partial charge in [-0.25, -0.2) is 9.97 Å². The highest BCUT2D eigenvalue weighted by Gasteiger charge is 2.09. The van der Waals surface area contributed by atoms with Gasteiger partial charge in [0, 0.05) is 12.4 Å². The zero-order valence-electron chi connectivity index (χ0n) is 8.61. The molecule has 0 aliphatic heterocycles. The third kappa shape index (κ3) is 2.21. The van der Waals surface area contributed by atoms with Crippen molar-refractivity contribution in [2.24, 2.45) is 5.73 Å². The summed E-state index contributed by atoms with van der Waals surface area (Å²) in [5.41, 5.74) is 7.11. The Bertz CT molecular complexity index is 461. The molecule has 1 unspecified atom stereocenters. The first-order chi connectivity index (χ1) is 7.81. The Hall–Kier alpha value is -1.85. The number of pyridine rings is 1. The van der Waals surface area contributed by atoms with Crippen LogP contribution in [0.4, 0.5) is 0 Å². The molecule has 0 saturated carbocycles. The molecule has 5 heteroatoms. The lowest BCUT2D eigenvalue weighted by Crippen LogP contribution is -2.17. The Morgan fingerprint density at radius 3 is 2.69 bits per heavy atom. The van der Waals surface area contributed by atoms with Crippen LogP contribution in [0.2, 0.25) is 0 Å². The number of rotatable bonds is 3. The van der Waals surface area contributed by atoms with Crippen molar-refractivity contribution in [3.8, 4) is 11.4 Å². The summed E-state index contributed by atoms with van der Waals surface area (Å²) < 4.78 is 0. The SMILES string of the molecule is NC(CO)c1nccc(-c2ccccn2)n1. The summed E-state index contributed by atoms with van der Waals surface area (Å²) in [7, 11) is 0. The third-order valence-corrected chi connectivity index (χ3v) is 2.13. The maximum Gasteiger partial charge on any atom is 0.148 e. The molecule has 1 atom stereocenters. The highest BCUT2D eigenvalue weighted by Crippen LogP contribution is 2.14. The first-order valence-corrected chi connectivity index (χ1v) is 4.92. The average molecular weight is 216 g/mol. The number of nitrogens with two attached hydrogens (primary N) is 1. The van der Waals surface area contributed by atoms with Crippen molar-refractivity contribution < 1.29 is 5.11 Å². The van der Waals surface area contributed by atoms with Crippen LogP contribution in [0.25, 0.3) is 11.4 Å². The fourth-order valence-electron chi connectivity index (χ4n) is 1.29. The summed E-state index contributed by atoms with van der Waals surface area (Å²) >= 11 is 0. The van der Waals surface area contributed by atoms with Crippen LogP contribution in [-0.4, -0.2) is 26.7 Å². The van der Waals surface area contributed by atoms with E-state index in [-0.39, 0.29) is 6.61 Å². The zero-order valence-corrected chi connectivity index (χ0v) is 8.61. The summed E-state index contributed by atoms with van der Waals surface area (Å²) in [6.07, 6.45) is 3.31. The van der Waals surface area contributed by atoms with E-state index in [0.717, 1.165) is 5.69 Å². The fraction of sp³-hybridized carbons (Fsp3) is 0.182. The van der Waals surface area contributed by atoms with Gasteiger partial charge in [0.25, 0.3) is 0 Å². The summed E-state index contributed by atoms with van der Waals surface area (Å²) in [5.74, 6) is 0.422. The quantitative estimate of drug-likeness (QED) is 0.781. The Morgan fingerprint density at radius 1 is 1.12 bits per heavy atom. The summed E-state index contributed by atoms with van der Waals surface area (Å²) in [5, 5.41) is 8.93. The Morgan fingerprint density at radius 2 is 2.00 bits per heavy atom. The molecule has 0 spiro atoms. The van der Waals surface area contributed by atoms with E-state index >= 15 is 0 Å². The topological polar surface area (TPSA) is 84.9 Å². The van der Waals surface area contributed by atoms with Crippen molar-refractivity contribution in [2.45, 2.75) is 6.04 Å². The predicted molar refractivity (Wildman–Crippen MR) is 59.3 cm³/mol. The van der Waals surface area contributed by atoms with Gasteiger partial charge in [0.1, 0.15) is 5.82 Å². The number of hydrogen-bond acceptors (Lipinski definition) is 5. The highest BCUT2D eigenvalue weighted by molar-refractivity contribution is 5.52. The van der Waals surface area contributed by atoms with Crippen LogP contribution in [0, 0.1) is 0 Å². The molecule has 3 N–H and O–H groups in total. The van der Waals surface area contributed by atoms with Gasteiger partial charge in [-0.3, -0.25) is 4.98 Å². The minimum atomic E-state index is -0.552. The van der Waals surface area contributed by atoms with E-state index in [9.17, 15) is 0 Å². The molecule has 2 rings (SSSR count). The van der Waals surface area contributed by atoms with Crippen LogP contribution in [0.3, 0.4) is 0 Å². The van der Waals surface area contributed by atoms with Crippen LogP contribution in [0.1, 0.15) is 11.9 Å². The molecule has 2 aromatic rings. The largest absolute Gasteiger partial charge is 0.394 e. The van der Waals surface area contributed by atoms with Crippen LogP contribution in [0.5, 0.6) is 0 Å². The molecule has 82 valence electrons. The number of hydrogen-bond donors (Lipinski definition) is 2. The van der Waals surface area contributed by atoms with Crippen molar-refractivity contribution in [1.82, 2.24) is 15.0 Å². The molecule has 2 heterocycles. The van der Waals surface area contributed by atoms with Gasteiger partial charge in [-0.2, -0.15) is 0 Å². The minimum Gasteiger partial charge on any atom is -0.394 e. The lowest BCUT2D eigenvalue weighted by molar-refractivity contribution is 0.263. The molecule has 0 saturated heterocycles. The summed E-state index contributed by atoms with van der Waals surface area (Å²) in [6, 6.07) is 6.79. The van der Waals surface area contributed by atoms with Gasteiger partial charge in [-0.1, -0.05) is 6.07 Å². The van der Waals surface area contributed by atoms with Gasteiger partial charge in [0.2, 0.25) is 0 Å². The third-order valence-electron chi connectivity index (χ3n) is 2.13. The lowest BCUT2D eigenvalue weighted by atomic mass is 10.2. The first-order valence-electron chi connectivity index (χ1n) is 4.92. The van der Waals surface area contributed by atoms with Crippen molar-refractivity contribution in [3.63, 3.8) is 0 Å². The molecule has 16 heavy (non-hydrogen) atoms. The zero-order chi connectivity index (χ0) is 11.4. The van der Waals surface area contributed by atoms with E-state index < -0.39 is 6.04 Å². The van der Waals surface area contributed by atoms with Crippen molar-refractivity contribution in [2.75, 3.05) is 6.61 Å². The Kier molecular flexibility index (Phi) is 3.19. The van der Waals surface area contributed by atoms with Crippen molar-refractivity contribution in [1.29, 1.82) is 0 Å². The molecule has 0 aliphatic rings. The monoisotopic (exact) mass is 216 g/mol. The second-order valence-electron chi connectivity index (χ2n) is 3.30. The molecular formula is C11H12N4O. The second kappa shape index (κ2) is 4.78. The molecule has 5 nitrogen and oxygen atoms in total. The van der Waals surface area contributed by atoms with E-state index in [0.29, 0.717) is 11.5 Å². The van der Waals surface area contributed by atoms with E-state index in [1.54, 1.807) is 18.5 Å². The molecule has 2 aromatic heterocycles. The van der Waals surface area contributed by atoms with Gasteiger partial charge in [-0.15, -0.1) is 0 Å². The Balaban J connectivity index is 2.36. The van der Waals surface area contributed by atoms with Crippen LogP contribution >= 0.6 is 0 Å². The molecule has 0 aliphatic carbocycles. The molecule has 0 fully saturated rings. The normalized spacial score (nSPS) is 12.4. The molecular weight excluding hydrogens is 204 g/mol. The lowest BCUT2D eigenvalue weighted by Gasteiger charge is -2.07. The van der Waals surface area contributed by atoms with E-state index in [4.69, 9.17) is 10.8 Å². The van der Waals surface area contributed by atoms with E-state index in [2.05, 4.69) is 15.0 Å². The van der Waals surface area contributed by atoms with Gasteiger partial charge < -0.3 is 10.8 Å². The maximum atomic E-state index is 8.93. The average Bonchev–Trinajstić information content (AvgIpc) is 2.39. The molecule has 0 bridgehead atoms. The smallest absolute Gasteiger partial charge is 0.148 e. The van der Waals surface area contributed by atoms with Crippen molar-refractivity contribution >= 4 is 0 Å². The number of aliphatic hydroxyl groups is 1.